The Morgan fingerprint density at radius 1 is 1.00 bits per heavy atom. The lowest BCUT2D eigenvalue weighted by atomic mass is 10.1. The molecule has 0 aliphatic carbocycles. The van der Waals surface area contributed by atoms with Crippen LogP contribution in [0.2, 0.25) is 0 Å². The number of carbonyl (C=O) groups is 1. The minimum absolute atomic E-state index is 0.654. The Labute approximate surface area is 87.4 Å². The predicted octanol–water partition coefficient (Wildman–Crippen LogP) is 2.93. The van der Waals surface area contributed by atoms with Crippen molar-refractivity contribution in [3.05, 3.63) is 6.92 Å². The topological polar surface area (TPSA) is 52.9 Å². The minimum atomic E-state index is -0.666. The Balaban J connectivity index is 2.88. The Kier molecular flexibility index (Phi) is 9.81. The first-order valence-corrected chi connectivity index (χ1v) is 5.56. The van der Waals surface area contributed by atoms with Gasteiger partial charge in [-0.25, -0.2) is 10.5 Å². The van der Waals surface area contributed by atoms with Crippen molar-refractivity contribution in [3.8, 4) is 0 Å². The number of unbranched alkanes of at least 4 members (excludes halogenated alkanes) is 7. The van der Waals surface area contributed by atoms with E-state index in [4.69, 9.17) is 5.73 Å². The van der Waals surface area contributed by atoms with Gasteiger partial charge >= 0.3 is 6.03 Å². The van der Waals surface area contributed by atoms with Crippen molar-refractivity contribution < 1.29 is 4.79 Å². The van der Waals surface area contributed by atoms with Crippen molar-refractivity contribution >= 4 is 6.03 Å². The van der Waals surface area contributed by atoms with Crippen molar-refractivity contribution in [2.75, 3.05) is 6.54 Å². The molecule has 0 aromatic carbocycles. The van der Waals surface area contributed by atoms with Gasteiger partial charge in [0.2, 0.25) is 0 Å². The van der Waals surface area contributed by atoms with E-state index in [-0.39, 0.29) is 0 Å². The number of carbonyl (C=O) groups excluding carboxylic acids is 1. The molecule has 3 nitrogen and oxygen atoms in total. The SMILES string of the molecule is [CH2]CCCCCCCCCNC([NH])=O. The van der Waals surface area contributed by atoms with Gasteiger partial charge in [-0.1, -0.05) is 51.9 Å². The maximum absolute atomic E-state index is 10.2. The van der Waals surface area contributed by atoms with Gasteiger partial charge in [-0.15, -0.1) is 0 Å². The highest BCUT2D eigenvalue weighted by Gasteiger charge is 1.93. The molecule has 0 aromatic heterocycles. The summed E-state index contributed by atoms with van der Waals surface area (Å²) >= 11 is 0. The molecule has 0 fully saturated rings. The van der Waals surface area contributed by atoms with Gasteiger partial charge in [-0.3, -0.25) is 0 Å². The molecule has 14 heavy (non-hydrogen) atoms. The number of amides is 2. The van der Waals surface area contributed by atoms with E-state index < -0.39 is 6.03 Å². The van der Waals surface area contributed by atoms with Crippen molar-refractivity contribution in [3.63, 3.8) is 0 Å². The Morgan fingerprint density at radius 2 is 1.50 bits per heavy atom. The van der Waals surface area contributed by atoms with E-state index >= 15 is 0 Å². The zero-order valence-electron chi connectivity index (χ0n) is 8.98. The molecule has 82 valence electrons. The van der Waals surface area contributed by atoms with E-state index in [0.717, 1.165) is 19.3 Å². The number of urea groups is 1. The van der Waals surface area contributed by atoms with E-state index in [1.54, 1.807) is 0 Å². The number of hydrogen-bond acceptors (Lipinski definition) is 1. The Bertz CT molecular complexity index is 137. The second-order valence-corrected chi connectivity index (χ2v) is 3.58. The number of hydrogen-bond donors (Lipinski definition) is 1. The normalized spacial score (nSPS) is 10.1. The second kappa shape index (κ2) is 10.4. The highest BCUT2D eigenvalue weighted by Crippen LogP contribution is 2.07. The molecule has 0 atom stereocenters. The highest BCUT2D eigenvalue weighted by molar-refractivity contribution is 5.70. The summed E-state index contributed by atoms with van der Waals surface area (Å²) in [4.78, 5) is 10.2. The van der Waals surface area contributed by atoms with Crippen LogP contribution in [0.25, 0.3) is 0 Å². The van der Waals surface area contributed by atoms with Crippen molar-refractivity contribution in [1.82, 2.24) is 11.1 Å². The van der Waals surface area contributed by atoms with Gasteiger partial charge in [0, 0.05) is 6.54 Å². The summed E-state index contributed by atoms with van der Waals surface area (Å²) in [6.07, 6.45) is 9.59. The molecule has 0 aliphatic rings. The van der Waals surface area contributed by atoms with Gasteiger partial charge < -0.3 is 5.32 Å². The van der Waals surface area contributed by atoms with Gasteiger partial charge in [0.25, 0.3) is 0 Å². The number of rotatable bonds is 9. The third-order valence-electron chi connectivity index (χ3n) is 2.21. The lowest BCUT2D eigenvalue weighted by Gasteiger charge is -2.01. The molecule has 0 heterocycles. The molecule has 0 aliphatic heterocycles. The summed E-state index contributed by atoms with van der Waals surface area (Å²) in [5, 5.41) is 2.48. The van der Waals surface area contributed by atoms with Gasteiger partial charge in [0.1, 0.15) is 0 Å². The summed E-state index contributed by atoms with van der Waals surface area (Å²) < 4.78 is 0. The van der Waals surface area contributed by atoms with Crippen molar-refractivity contribution in [2.45, 2.75) is 51.4 Å². The van der Waals surface area contributed by atoms with E-state index in [9.17, 15) is 4.79 Å². The second-order valence-electron chi connectivity index (χ2n) is 3.58. The van der Waals surface area contributed by atoms with Crippen LogP contribution < -0.4 is 11.1 Å². The summed E-state index contributed by atoms with van der Waals surface area (Å²) in [6, 6.07) is -0.666. The van der Waals surface area contributed by atoms with Crippen LogP contribution in [0.4, 0.5) is 4.79 Å². The van der Waals surface area contributed by atoms with E-state index in [1.165, 1.54) is 32.1 Å². The molecule has 0 rings (SSSR count). The smallest absolute Gasteiger partial charge is 0.333 e. The minimum Gasteiger partial charge on any atom is -0.337 e. The third-order valence-corrected chi connectivity index (χ3v) is 2.21. The molecule has 0 spiro atoms. The summed E-state index contributed by atoms with van der Waals surface area (Å²) in [5.41, 5.74) is 6.61. The maximum Gasteiger partial charge on any atom is 0.333 e. The van der Waals surface area contributed by atoms with Crippen LogP contribution in [0.3, 0.4) is 0 Å². The van der Waals surface area contributed by atoms with Crippen LogP contribution in [0.1, 0.15) is 51.4 Å². The maximum atomic E-state index is 10.2. The van der Waals surface area contributed by atoms with Crippen LogP contribution in [0.15, 0.2) is 0 Å². The first-order valence-electron chi connectivity index (χ1n) is 5.56. The van der Waals surface area contributed by atoms with E-state index in [1.807, 2.05) is 0 Å². The lowest BCUT2D eigenvalue weighted by Crippen LogP contribution is -2.23. The average Bonchev–Trinajstić information content (AvgIpc) is 2.15. The summed E-state index contributed by atoms with van der Waals surface area (Å²) in [6.45, 7) is 4.46. The molecule has 0 bridgehead atoms. The van der Waals surface area contributed by atoms with Gasteiger partial charge in [0.15, 0.2) is 0 Å². The van der Waals surface area contributed by atoms with Crippen LogP contribution in [0.5, 0.6) is 0 Å². The molecule has 2 N–H and O–H groups in total. The Morgan fingerprint density at radius 3 is 2.00 bits per heavy atom. The molecule has 2 radical (unpaired) electrons. The highest BCUT2D eigenvalue weighted by atomic mass is 16.2. The quantitative estimate of drug-likeness (QED) is 0.569. The third kappa shape index (κ3) is 11.3. The van der Waals surface area contributed by atoms with E-state index in [0.29, 0.717) is 6.54 Å². The average molecular weight is 198 g/mol. The van der Waals surface area contributed by atoms with Crippen LogP contribution in [-0.4, -0.2) is 12.6 Å². The standard InChI is InChI=1S/C11H22N2O/c1-2-3-4-5-6-7-8-9-10-13-11(12)14/h12H,1-10H2,(H,13,14). The number of nitrogens with one attached hydrogen (secondary N) is 2. The monoisotopic (exact) mass is 198 g/mol. The van der Waals surface area contributed by atoms with E-state index in [2.05, 4.69) is 12.2 Å². The van der Waals surface area contributed by atoms with Crippen molar-refractivity contribution in [1.29, 1.82) is 0 Å². The first-order chi connectivity index (χ1) is 6.77. The predicted molar refractivity (Wildman–Crippen MR) is 58.8 cm³/mol. The summed E-state index contributed by atoms with van der Waals surface area (Å²) in [7, 11) is 0. The fourth-order valence-corrected chi connectivity index (χ4v) is 1.39. The fourth-order valence-electron chi connectivity index (χ4n) is 1.39. The van der Waals surface area contributed by atoms with Crippen molar-refractivity contribution in [2.24, 2.45) is 0 Å². The molecule has 0 saturated carbocycles. The Hall–Kier alpha value is -0.730. The molecule has 3 heteroatoms. The molecule has 0 unspecified atom stereocenters. The fraction of sp³-hybridized carbons (Fsp3) is 0.818. The molecule has 2 amide bonds. The molecule has 0 aromatic rings. The largest absolute Gasteiger partial charge is 0.337 e. The van der Waals surface area contributed by atoms with Crippen LogP contribution >= 0.6 is 0 Å². The molecular formula is C11H22N2O. The molecule has 0 saturated heterocycles. The van der Waals surface area contributed by atoms with Gasteiger partial charge in [-0.05, 0) is 6.42 Å². The van der Waals surface area contributed by atoms with Gasteiger partial charge in [-0.2, -0.15) is 0 Å². The van der Waals surface area contributed by atoms with Gasteiger partial charge in [0.05, 0.1) is 0 Å². The zero-order chi connectivity index (χ0) is 10.6. The van der Waals surface area contributed by atoms with Crippen LogP contribution in [0, 0.1) is 6.92 Å². The molecular weight excluding hydrogens is 176 g/mol. The lowest BCUT2D eigenvalue weighted by molar-refractivity contribution is 0.247. The zero-order valence-corrected chi connectivity index (χ0v) is 8.98. The first kappa shape index (κ1) is 13.3. The summed E-state index contributed by atoms with van der Waals surface area (Å²) in [5.74, 6) is 0. The van der Waals surface area contributed by atoms with Crippen LogP contribution in [-0.2, 0) is 0 Å².